The molecule has 0 amide bonds. The third kappa shape index (κ3) is 2.49. The van der Waals surface area contributed by atoms with Crippen LogP contribution in [0.5, 0.6) is 0 Å². The van der Waals surface area contributed by atoms with Crippen molar-refractivity contribution in [3.63, 3.8) is 0 Å². The van der Waals surface area contributed by atoms with Crippen LogP contribution in [0.4, 0.5) is 0 Å². The van der Waals surface area contributed by atoms with Crippen LogP contribution in [-0.4, -0.2) is 9.97 Å². The molecule has 0 saturated heterocycles. The maximum Gasteiger partial charge on any atom is 0.264 e. The van der Waals surface area contributed by atoms with Crippen molar-refractivity contribution in [1.29, 1.82) is 0 Å². The van der Waals surface area contributed by atoms with E-state index in [0.717, 1.165) is 11.3 Å². The van der Waals surface area contributed by atoms with E-state index >= 15 is 0 Å². The Bertz CT molecular complexity index is 549. The molecular formula is C12H11IN2O. The van der Waals surface area contributed by atoms with Crippen molar-refractivity contribution in [2.24, 2.45) is 0 Å². The molecule has 0 aliphatic heterocycles. The number of benzene rings is 1. The second kappa shape index (κ2) is 4.78. The predicted molar refractivity (Wildman–Crippen MR) is 71.6 cm³/mol. The van der Waals surface area contributed by atoms with E-state index in [1.807, 2.05) is 59.8 Å². The van der Waals surface area contributed by atoms with Crippen LogP contribution in [0.3, 0.4) is 0 Å². The van der Waals surface area contributed by atoms with Gasteiger partial charge < -0.3 is 4.98 Å². The smallest absolute Gasteiger partial charge is 0.264 e. The molecule has 0 aliphatic rings. The summed E-state index contributed by atoms with van der Waals surface area (Å²) in [5, 5.41) is 0. The van der Waals surface area contributed by atoms with Crippen LogP contribution >= 0.6 is 22.6 Å². The van der Waals surface area contributed by atoms with Crippen LogP contribution < -0.4 is 5.56 Å². The molecule has 1 heterocycles. The van der Waals surface area contributed by atoms with E-state index < -0.39 is 0 Å². The molecule has 3 nitrogen and oxygen atoms in total. The third-order valence-electron chi connectivity index (χ3n) is 2.29. The topological polar surface area (TPSA) is 45.8 Å². The molecule has 0 unspecified atom stereocenters. The SMILES string of the molecule is Cc1nc(Cc2ccccc2)[nH]c(=O)c1I. The Morgan fingerprint density at radius 3 is 2.62 bits per heavy atom. The predicted octanol–water partition coefficient (Wildman–Crippen LogP) is 2.27. The first-order chi connectivity index (χ1) is 7.66. The van der Waals surface area contributed by atoms with Crippen molar-refractivity contribution in [3.8, 4) is 0 Å². The fourth-order valence-electron chi connectivity index (χ4n) is 1.50. The lowest BCUT2D eigenvalue weighted by atomic mass is 10.1. The summed E-state index contributed by atoms with van der Waals surface area (Å²) in [7, 11) is 0. The summed E-state index contributed by atoms with van der Waals surface area (Å²) in [6.45, 7) is 1.85. The minimum atomic E-state index is -0.0565. The lowest BCUT2D eigenvalue weighted by Crippen LogP contribution is -2.16. The van der Waals surface area contributed by atoms with E-state index in [-0.39, 0.29) is 5.56 Å². The molecule has 82 valence electrons. The highest BCUT2D eigenvalue weighted by Crippen LogP contribution is 2.07. The van der Waals surface area contributed by atoms with E-state index in [2.05, 4.69) is 9.97 Å². The molecule has 0 spiro atoms. The number of aromatic nitrogens is 2. The molecule has 1 aromatic carbocycles. The number of aromatic amines is 1. The van der Waals surface area contributed by atoms with Crippen LogP contribution in [0.1, 0.15) is 17.1 Å². The van der Waals surface area contributed by atoms with Gasteiger partial charge in [0, 0.05) is 6.42 Å². The summed E-state index contributed by atoms with van der Waals surface area (Å²) in [6, 6.07) is 9.97. The lowest BCUT2D eigenvalue weighted by molar-refractivity contribution is 0.910. The summed E-state index contributed by atoms with van der Waals surface area (Å²) < 4.78 is 0.661. The fraction of sp³-hybridized carbons (Fsp3) is 0.167. The van der Waals surface area contributed by atoms with Gasteiger partial charge in [-0.15, -0.1) is 0 Å². The number of H-pyrrole nitrogens is 1. The Balaban J connectivity index is 2.33. The number of nitrogens with zero attached hydrogens (tertiary/aromatic N) is 1. The quantitative estimate of drug-likeness (QED) is 0.861. The number of hydrogen-bond donors (Lipinski definition) is 1. The van der Waals surface area contributed by atoms with Crippen molar-refractivity contribution >= 4 is 22.6 Å². The maximum absolute atomic E-state index is 11.5. The standard InChI is InChI=1S/C12H11IN2O/c1-8-11(13)12(16)15-10(14-8)7-9-5-3-2-4-6-9/h2-6H,7H2,1H3,(H,14,15,16). The Hall–Kier alpha value is -1.17. The van der Waals surface area contributed by atoms with E-state index in [0.29, 0.717) is 15.8 Å². The van der Waals surface area contributed by atoms with Gasteiger partial charge in [0.05, 0.1) is 9.26 Å². The van der Waals surface area contributed by atoms with Crippen molar-refractivity contribution in [2.45, 2.75) is 13.3 Å². The van der Waals surface area contributed by atoms with Gasteiger partial charge in [0.25, 0.3) is 5.56 Å². The number of halogens is 1. The zero-order chi connectivity index (χ0) is 11.5. The van der Waals surface area contributed by atoms with Crippen LogP contribution in [0.2, 0.25) is 0 Å². The number of aryl methyl sites for hydroxylation is 1. The minimum Gasteiger partial charge on any atom is -0.309 e. The van der Waals surface area contributed by atoms with Crippen molar-refractivity contribution in [2.75, 3.05) is 0 Å². The zero-order valence-corrected chi connectivity index (χ0v) is 11.0. The van der Waals surface area contributed by atoms with Gasteiger partial charge in [-0.2, -0.15) is 0 Å². The third-order valence-corrected chi connectivity index (χ3v) is 3.56. The van der Waals surface area contributed by atoms with Crippen LogP contribution in [-0.2, 0) is 6.42 Å². The average Bonchev–Trinajstić information content (AvgIpc) is 2.27. The van der Waals surface area contributed by atoms with Crippen molar-refractivity contribution in [3.05, 3.63) is 61.3 Å². The van der Waals surface area contributed by atoms with Gasteiger partial charge in [0.2, 0.25) is 0 Å². The Labute approximate surface area is 107 Å². The van der Waals surface area contributed by atoms with E-state index in [4.69, 9.17) is 0 Å². The first kappa shape index (κ1) is 11.3. The highest BCUT2D eigenvalue weighted by molar-refractivity contribution is 14.1. The Kier molecular flexibility index (Phi) is 3.38. The molecule has 0 atom stereocenters. The second-order valence-electron chi connectivity index (χ2n) is 3.57. The summed E-state index contributed by atoms with van der Waals surface area (Å²) in [4.78, 5) is 18.7. The molecular weight excluding hydrogens is 315 g/mol. The summed E-state index contributed by atoms with van der Waals surface area (Å²) >= 11 is 2.01. The minimum absolute atomic E-state index is 0.0565. The van der Waals surface area contributed by atoms with E-state index in [1.165, 1.54) is 0 Å². The van der Waals surface area contributed by atoms with Crippen molar-refractivity contribution < 1.29 is 0 Å². The molecule has 0 radical (unpaired) electrons. The van der Waals surface area contributed by atoms with Crippen molar-refractivity contribution in [1.82, 2.24) is 9.97 Å². The molecule has 1 aromatic heterocycles. The summed E-state index contributed by atoms with van der Waals surface area (Å²) in [5.41, 5.74) is 1.88. The van der Waals surface area contributed by atoms with Gasteiger partial charge >= 0.3 is 0 Å². The maximum atomic E-state index is 11.5. The first-order valence-electron chi connectivity index (χ1n) is 4.96. The van der Waals surface area contributed by atoms with E-state index in [1.54, 1.807) is 0 Å². The Morgan fingerprint density at radius 1 is 1.31 bits per heavy atom. The van der Waals surface area contributed by atoms with Crippen LogP contribution in [0, 0.1) is 10.5 Å². The Morgan fingerprint density at radius 2 is 2.00 bits per heavy atom. The normalized spacial score (nSPS) is 10.4. The largest absolute Gasteiger partial charge is 0.309 e. The molecule has 0 saturated carbocycles. The molecule has 0 aliphatic carbocycles. The number of nitrogens with one attached hydrogen (secondary N) is 1. The lowest BCUT2D eigenvalue weighted by Gasteiger charge is -2.03. The van der Waals surface area contributed by atoms with Gasteiger partial charge in [-0.3, -0.25) is 4.79 Å². The average molecular weight is 326 g/mol. The van der Waals surface area contributed by atoms with Crippen LogP contribution in [0.15, 0.2) is 35.1 Å². The summed E-state index contributed by atoms with van der Waals surface area (Å²) in [5.74, 6) is 0.717. The highest BCUT2D eigenvalue weighted by atomic mass is 127. The molecule has 16 heavy (non-hydrogen) atoms. The monoisotopic (exact) mass is 326 g/mol. The number of rotatable bonds is 2. The van der Waals surface area contributed by atoms with Gasteiger partial charge in [-0.25, -0.2) is 4.98 Å². The molecule has 4 heteroatoms. The van der Waals surface area contributed by atoms with E-state index in [9.17, 15) is 4.79 Å². The molecule has 0 bridgehead atoms. The van der Waals surface area contributed by atoms with Gasteiger partial charge in [-0.05, 0) is 35.1 Å². The fourth-order valence-corrected chi connectivity index (χ4v) is 1.76. The molecule has 2 rings (SSSR count). The zero-order valence-electron chi connectivity index (χ0n) is 8.83. The van der Waals surface area contributed by atoms with Gasteiger partial charge in [0.1, 0.15) is 5.82 Å². The summed E-state index contributed by atoms with van der Waals surface area (Å²) in [6.07, 6.45) is 0.661. The molecule has 2 aromatic rings. The van der Waals surface area contributed by atoms with Crippen LogP contribution in [0.25, 0.3) is 0 Å². The highest BCUT2D eigenvalue weighted by Gasteiger charge is 2.05. The second-order valence-corrected chi connectivity index (χ2v) is 4.65. The number of hydrogen-bond acceptors (Lipinski definition) is 2. The molecule has 1 N–H and O–H groups in total. The van der Waals surface area contributed by atoms with Gasteiger partial charge in [-0.1, -0.05) is 30.3 Å². The molecule has 0 fully saturated rings. The first-order valence-corrected chi connectivity index (χ1v) is 6.04. The van der Waals surface area contributed by atoms with Gasteiger partial charge in [0.15, 0.2) is 0 Å².